The molecular formula is C18H21Cl2N. The molecule has 0 aliphatic heterocycles. The van der Waals surface area contributed by atoms with Crippen molar-refractivity contribution in [2.45, 2.75) is 32.7 Å². The van der Waals surface area contributed by atoms with Gasteiger partial charge in [-0.1, -0.05) is 72.1 Å². The Morgan fingerprint density at radius 1 is 1.10 bits per heavy atom. The molecule has 0 bridgehead atoms. The van der Waals surface area contributed by atoms with E-state index in [1.54, 1.807) is 0 Å². The smallest absolute Gasteiger partial charge is 0.0640 e. The molecule has 0 aliphatic carbocycles. The van der Waals surface area contributed by atoms with Crippen molar-refractivity contribution in [2.24, 2.45) is 0 Å². The fourth-order valence-electron chi connectivity index (χ4n) is 2.58. The maximum Gasteiger partial charge on any atom is 0.0640 e. The van der Waals surface area contributed by atoms with Gasteiger partial charge in [0.15, 0.2) is 0 Å². The molecule has 1 nitrogen and oxygen atoms in total. The van der Waals surface area contributed by atoms with Crippen molar-refractivity contribution in [3.63, 3.8) is 0 Å². The third-order valence-electron chi connectivity index (χ3n) is 3.61. The molecule has 0 aliphatic rings. The van der Waals surface area contributed by atoms with Gasteiger partial charge in [0.05, 0.1) is 10.0 Å². The predicted octanol–water partition coefficient (Wildman–Crippen LogP) is 5.59. The van der Waals surface area contributed by atoms with Crippen LogP contribution in [0.25, 0.3) is 0 Å². The molecule has 0 saturated carbocycles. The van der Waals surface area contributed by atoms with Gasteiger partial charge in [0, 0.05) is 6.04 Å². The zero-order valence-corrected chi connectivity index (χ0v) is 14.0. The van der Waals surface area contributed by atoms with Crippen LogP contribution in [0, 0.1) is 6.92 Å². The number of hydrogen-bond donors (Lipinski definition) is 1. The molecule has 112 valence electrons. The molecule has 0 radical (unpaired) electrons. The average Bonchev–Trinajstić information content (AvgIpc) is 2.47. The standard InChI is InChI=1S/C18H21Cl2N/c1-3-21-17(15-8-5-9-16(19)18(15)20)11-10-14-7-4-6-13(2)12-14/h4-9,12,17,21H,3,10-11H2,1-2H3. The lowest BCUT2D eigenvalue weighted by Gasteiger charge is -2.20. The summed E-state index contributed by atoms with van der Waals surface area (Å²) in [7, 11) is 0. The van der Waals surface area contributed by atoms with Gasteiger partial charge in [-0.25, -0.2) is 0 Å². The normalized spacial score (nSPS) is 12.4. The SMILES string of the molecule is CCNC(CCc1cccc(C)c1)c1cccc(Cl)c1Cl. The predicted molar refractivity (Wildman–Crippen MR) is 92.4 cm³/mol. The van der Waals surface area contributed by atoms with E-state index in [1.165, 1.54) is 11.1 Å². The van der Waals surface area contributed by atoms with Crippen LogP contribution in [0.1, 0.15) is 36.1 Å². The minimum atomic E-state index is 0.224. The molecule has 0 saturated heterocycles. The van der Waals surface area contributed by atoms with E-state index in [1.807, 2.05) is 12.1 Å². The first-order valence-electron chi connectivity index (χ1n) is 7.34. The summed E-state index contributed by atoms with van der Waals surface area (Å²) >= 11 is 12.5. The third kappa shape index (κ3) is 4.47. The van der Waals surface area contributed by atoms with E-state index >= 15 is 0 Å². The number of hydrogen-bond acceptors (Lipinski definition) is 1. The fraction of sp³-hybridized carbons (Fsp3) is 0.333. The van der Waals surface area contributed by atoms with Crippen molar-refractivity contribution in [1.82, 2.24) is 5.32 Å². The third-order valence-corrected chi connectivity index (χ3v) is 4.45. The van der Waals surface area contributed by atoms with Gasteiger partial charge in [0.1, 0.15) is 0 Å². The van der Waals surface area contributed by atoms with Crippen molar-refractivity contribution in [2.75, 3.05) is 6.54 Å². The second-order valence-corrected chi connectivity index (χ2v) is 6.07. The van der Waals surface area contributed by atoms with E-state index < -0.39 is 0 Å². The molecule has 1 atom stereocenters. The number of aryl methyl sites for hydroxylation is 2. The Labute approximate surface area is 137 Å². The summed E-state index contributed by atoms with van der Waals surface area (Å²) in [4.78, 5) is 0. The van der Waals surface area contributed by atoms with Crippen LogP contribution in [0.5, 0.6) is 0 Å². The lowest BCUT2D eigenvalue weighted by Crippen LogP contribution is -2.22. The van der Waals surface area contributed by atoms with Gasteiger partial charge in [-0.05, 0) is 43.5 Å². The Morgan fingerprint density at radius 2 is 1.86 bits per heavy atom. The summed E-state index contributed by atoms with van der Waals surface area (Å²) in [5.41, 5.74) is 3.74. The van der Waals surface area contributed by atoms with E-state index in [4.69, 9.17) is 23.2 Å². The Morgan fingerprint density at radius 3 is 2.57 bits per heavy atom. The first kappa shape index (κ1) is 16.4. The molecule has 21 heavy (non-hydrogen) atoms. The van der Waals surface area contributed by atoms with Gasteiger partial charge in [0.2, 0.25) is 0 Å². The molecule has 1 N–H and O–H groups in total. The van der Waals surface area contributed by atoms with Gasteiger partial charge in [-0.3, -0.25) is 0 Å². The minimum Gasteiger partial charge on any atom is -0.310 e. The van der Waals surface area contributed by atoms with Crippen molar-refractivity contribution >= 4 is 23.2 Å². The molecule has 1 unspecified atom stereocenters. The van der Waals surface area contributed by atoms with E-state index in [-0.39, 0.29) is 6.04 Å². The summed E-state index contributed by atoms with van der Waals surface area (Å²) in [6, 6.07) is 14.7. The molecule has 2 aromatic rings. The second kappa shape index (κ2) is 7.84. The Balaban J connectivity index is 2.14. The highest BCUT2D eigenvalue weighted by Crippen LogP contribution is 2.32. The quantitative estimate of drug-likeness (QED) is 0.731. The second-order valence-electron chi connectivity index (χ2n) is 5.28. The number of halogens is 2. The van der Waals surface area contributed by atoms with Gasteiger partial charge < -0.3 is 5.32 Å². The molecule has 0 fully saturated rings. The lowest BCUT2D eigenvalue weighted by atomic mass is 9.98. The molecule has 0 spiro atoms. The zero-order valence-electron chi connectivity index (χ0n) is 12.5. The summed E-state index contributed by atoms with van der Waals surface area (Å²) in [6.07, 6.45) is 2.01. The highest BCUT2D eigenvalue weighted by atomic mass is 35.5. The number of nitrogens with one attached hydrogen (secondary N) is 1. The molecule has 0 heterocycles. The summed E-state index contributed by atoms with van der Waals surface area (Å²) in [5.74, 6) is 0. The van der Waals surface area contributed by atoms with Crippen LogP contribution in [-0.4, -0.2) is 6.54 Å². The topological polar surface area (TPSA) is 12.0 Å². The first-order chi connectivity index (χ1) is 10.1. The Hall–Kier alpha value is -1.02. The summed E-state index contributed by atoms with van der Waals surface area (Å²) < 4.78 is 0. The van der Waals surface area contributed by atoms with Crippen LogP contribution in [0.3, 0.4) is 0 Å². The van der Waals surface area contributed by atoms with Crippen LogP contribution in [0.2, 0.25) is 10.0 Å². The molecule has 3 heteroatoms. The first-order valence-corrected chi connectivity index (χ1v) is 8.10. The molecule has 0 amide bonds. The van der Waals surface area contributed by atoms with E-state index in [0.29, 0.717) is 10.0 Å². The molecule has 2 rings (SSSR count). The van der Waals surface area contributed by atoms with Crippen LogP contribution in [0.4, 0.5) is 0 Å². The van der Waals surface area contributed by atoms with E-state index in [0.717, 1.165) is 24.9 Å². The number of rotatable bonds is 6. The zero-order chi connectivity index (χ0) is 15.2. The Bertz CT molecular complexity index is 596. The largest absolute Gasteiger partial charge is 0.310 e. The molecular weight excluding hydrogens is 301 g/mol. The van der Waals surface area contributed by atoms with Gasteiger partial charge in [0.25, 0.3) is 0 Å². The van der Waals surface area contributed by atoms with E-state index in [9.17, 15) is 0 Å². The summed E-state index contributed by atoms with van der Waals surface area (Å²) in [6.45, 7) is 5.14. The minimum absolute atomic E-state index is 0.224. The molecule has 2 aromatic carbocycles. The highest BCUT2D eigenvalue weighted by Gasteiger charge is 2.15. The number of benzene rings is 2. The lowest BCUT2D eigenvalue weighted by molar-refractivity contribution is 0.515. The van der Waals surface area contributed by atoms with Crippen molar-refractivity contribution in [3.05, 3.63) is 69.2 Å². The maximum absolute atomic E-state index is 6.36. The van der Waals surface area contributed by atoms with Gasteiger partial charge in [-0.2, -0.15) is 0 Å². The summed E-state index contributed by atoms with van der Waals surface area (Å²) in [5, 5.41) is 4.79. The maximum atomic E-state index is 6.36. The van der Waals surface area contributed by atoms with Crippen LogP contribution < -0.4 is 5.32 Å². The van der Waals surface area contributed by atoms with Crippen LogP contribution in [-0.2, 0) is 6.42 Å². The van der Waals surface area contributed by atoms with Crippen LogP contribution in [0.15, 0.2) is 42.5 Å². The Kier molecular flexibility index (Phi) is 6.10. The fourth-order valence-corrected chi connectivity index (χ4v) is 3.02. The monoisotopic (exact) mass is 321 g/mol. The van der Waals surface area contributed by atoms with Gasteiger partial charge >= 0.3 is 0 Å². The highest BCUT2D eigenvalue weighted by molar-refractivity contribution is 6.42. The average molecular weight is 322 g/mol. The van der Waals surface area contributed by atoms with E-state index in [2.05, 4.69) is 49.5 Å². The van der Waals surface area contributed by atoms with Crippen LogP contribution >= 0.6 is 23.2 Å². The van der Waals surface area contributed by atoms with Crippen molar-refractivity contribution in [1.29, 1.82) is 0 Å². The molecule has 0 aromatic heterocycles. The van der Waals surface area contributed by atoms with Gasteiger partial charge in [-0.15, -0.1) is 0 Å². The van der Waals surface area contributed by atoms with Crippen molar-refractivity contribution in [3.8, 4) is 0 Å². The van der Waals surface area contributed by atoms with Crippen molar-refractivity contribution < 1.29 is 0 Å².